The van der Waals surface area contributed by atoms with Crippen molar-refractivity contribution in [2.45, 2.75) is 53.9 Å². The minimum atomic E-state index is 0.782. The van der Waals surface area contributed by atoms with E-state index < -0.39 is 0 Å². The molecule has 0 aliphatic heterocycles. The van der Waals surface area contributed by atoms with Gasteiger partial charge in [0.1, 0.15) is 19.0 Å². The summed E-state index contributed by atoms with van der Waals surface area (Å²) in [6.07, 6.45) is 3.79. The van der Waals surface area contributed by atoms with Crippen LogP contribution in [-0.2, 0) is 0 Å². The zero-order chi connectivity index (χ0) is 17.5. The fourth-order valence-electron chi connectivity index (χ4n) is 2.67. The number of aryl methyl sites for hydroxylation is 2. The van der Waals surface area contributed by atoms with Crippen LogP contribution in [0.25, 0.3) is 0 Å². The topological polar surface area (TPSA) is 0 Å². The predicted octanol–water partition coefficient (Wildman–Crippen LogP) is 4.31. The summed E-state index contributed by atoms with van der Waals surface area (Å²) in [5, 5.41) is 4.64. The summed E-state index contributed by atoms with van der Waals surface area (Å²) >= 11 is 0. The molecule has 2 heteroatoms. The number of hydrogen-bond acceptors (Lipinski definition) is 0. The van der Waals surface area contributed by atoms with Gasteiger partial charge in [-0.1, -0.05) is 77.4 Å². The van der Waals surface area contributed by atoms with E-state index in [0.29, 0.717) is 0 Å². The quantitative estimate of drug-likeness (QED) is 0.654. The molecule has 0 saturated heterocycles. The summed E-state index contributed by atoms with van der Waals surface area (Å²) in [6.45, 7) is 11.2. The van der Waals surface area contributed by atoms with Crippen LogP contribution in [0.1, 0.15) is 48.4 Å². The van der Waals surface area contributed by atoms with Crippen molar-refractivity contribution in [1.82, 2.24) is 0 Å². The van der Waals surface area contributed by atoms with E-state index in [4.69, 9.17) is 0 Å². The van der Waals surface area contributed by atoms with Crippen molar-refractivity contribution >= 4 is 29.4 Å². The third-order valence-electron chi connectivity index (χ3n) is 4.71. The van der Waals surface area contributed by atoms with E-state index in [1.807, 2.05) is 0 Å². The molecule has 124 valence electrons. The molecule has 0 fully saturated rings. The van der Waals surface area contributed by atoms with Gasteiger partial charge in [-0.05, 0) is 56.4 Å². The van der Waals surface area contributed by atoms with Crippen molar-refractivity contribution in [2.75, 3.05) is 0 Å². The van der Waals surface area contributed by atoms with E-state index >= 15 is 0 Å². The first kappa shape index (κ1) is 18.9. The molecule has 2 aromatic rings. The minimum Gasteiger partial charge on any atom is -0.0980 e. The Kier molecular flexibility index (Phi) is 7.25. The zero-order valence-electron chi connectivity index (χ0n) is 15.7. The molecule has 0 bridgehead atoms. The van der Waals surface area contributed by atoms with Crippen LogP contribution in [0.3, 0.4) is 0 Å². The molecule has 0 aliphatic rings. The standard InChI is InChI=1S/C22H28Si2/c1-6-7-12-20(24-22-14-9-11-17(3)19(22)5)15-23-21-13-8-10-16(2)18(21)4/h8-11,13-15H,6-7,12H2,1-5H3. The Morgan fingerprint density at radius 2 is 1.46 bits per heavy atom. The average Bonchev–Trinajstić information content (AvgIpc) is 2.57. The second kappa shape index (κ2) is 9.19. The number of unbranched alkanes of at least 4 members (excludes halogenated alkanes) is 1. The van der Waals surface area contributed by atoms with Gasteiger partial charge in [-0.2, -0.15) is 0 Å². The van der Waals surface area contributed by atoms with Gasteiger partial charge < -0.3 is 0 Å². The van der Waals surface area contributed by atoms with Crippen molar-refractivity contribution in [1.29, 1.82) is 0 Å². The Balaban J connectivity index is 2.21. The van der Waals surface area contributed by atoms with Crippen molar-refractivity contribution in [3.63, 3.8) is 0 Å². The first-order valence-corrected chi connectivity index (χ1v) is 11.0. The molecular formula is C22H28Si2. The number of hydrogen-bond donors (Lipinski definition) is 0. The van der Waals surface area contributed by atoms with Gasteiger partial charge in [0.2, 0.25) is 0 Å². The molecule has 0 atom stereocenters. The van der Waals surface area contributed by atoms with Crippen LogP contribution >= 0.6 is 0 Å². The Labute approximate surface area is 153 Å². The molecule has 2 aromatic carbocycles. The smallest absolute Gasteiger partial charge is 0.0980 e. The molecule has 0 N–H and O–H groups in total. The molecule has 0 heterocycles. The molecule has 0 spiro atoms. The second-order valence-electron chi connectivity index (χ2n) is 6.54. The third kappa shape index (κ3) is 5.05. The van der Waals surface area contributed by atoms with Gasteiger partial charge in [-0.3, -0.25) is 0 Å². The summed E-state index contributed by atoms with van der Waals surface area (Å²) in [6, 6.07) is 13.4. The Morgan fingerprint density at radius 1 is 0.875 bits per heavy atom. The van der Waals surface area contributed by atoms with Gasteiger partial charge in [-0.15, -0.1) is 0 Å². The van der Waals surface area contributed by atoms with Crippen molar-refractivity contribution in [3.8, 4) is 0 Å². The van der Waals surface area contributed by atoms with Gasteiger partial charge in [0.05, 0.1) is 0 Å². The van der Waals surface area contributed by atoms with Crippen LogP contribution < -0.4 is 10.4 Å². The highest BCUT2D eigenvalue weighted by Crippen LogP contribution is 2.09. The lowest BCUT2D eigenvalue weighted by molar-refractivity contribution is 0.807. The van der Waals surface area contributed by atoms with E-state index in [1.165, 1.54) is 51.9 Å². The van der Waals surface area contributed by atoms with Crippen molar-refractivity contribution in [2.24, 2.45) is 0 Å². The first-order valence-electron chi connectivity index (χ1n) is 8.88. The number of benzene rings is 2. The van der Waals surface area contributed by atoms with Gasteiger partial charge in [0.15, 0.2) is 0 Å². The largest absolute Gasteiger partial charge is 0.115 e. The molecular weight excluding hydrogens is 320 g/mol. The second-order valence-corrected chi connectivity index (χ2v) is 9.08. The summed E-state index contributed by atoms with van der Waals surface area (Å²) < 4.78 is 0. The Bertz CT molecular complexity index is 714. The van der Waals surface area contributed by atoms with E-state index in [-0.39, 0.29) is 0 Å². The fraction of sp³-hybridized carbons (Fsp3) is 0.364. The molecule has 2 rings (SSSR count). The van der Waals surface area contributed by atoms with Crippen LogP contribution in [-0.4, -0.2) is 19.0 Å². The van der Waals surface area contributed by atoms with E-state index in [1.54, 1.807) is 5.20 Å². The lowest BCUT2D eigenvalue weighted by Crippen LogP contribution is -2.23. The van der Waals surface area contributed by atoms with E-state index in [0.717, 1.165) is 19.0 Å². The SMILES string of the molecule is CCCCC(=C[Si]c1cccc(C)c1C)[Si]c1cccc(C)c1C. The van der Waals surface area contributed by atoms with Crippen LogP contribution in [0.5, 0.6) is 0 Å². The monoisotopic (exact) mass is 348 g/mol. The summed E-state index contributed by atoms with van der Waals surface area (Å²) in [5.74, 6) is 0. The van der Waals surface area contributed by atoms with Crippen LogP contribution in [0.2, 0.25) is 0 Å². The third-order valence-corrected chi connectivity index (χ3v) is 7.87. The fourth-order valence-corrected chi connectivity index (χ4v) is 5.47. The zero-order valence-corrected chi connectivity index (χ0v) is 17.7. The maximum absolute atomic E-state index is 2.53. The van der Waals surface area contributed by atoms with E-state index in [2.05, 4.69) is 76.7 Å². The molecule has 4 radical (unpaired) electrons. The normalized spacial score (nSPS) is 11.8. The summed E-state index contributed by atoms with van der Waals surface area (Å²) in [5.41, 5.74) is 8.26. The molecule has 0 nitrogen and oxygen atoms in total. The number of allylic oxidation sites excluding steroid dienone is 1. The highest BCUT2D eigenvalue weighted by atomic mass is 28.2. The lowest BCUT2D eigenvalue weighted by atomic mass is 10.1. The van der Waals surface area contributed by atoms with Crippen LogP contribution in [0.15, 0.2) is 47.3 Å². The highest BCUT2D eigenvalue weighted by molar-refractivity contribution is 6.66. The molecule has 0 amide bonds. The van der Waals surface area contributed by atoms with Crippen molar-refractivity contribution < 1.29 is 0 Å². The van der Waals surface area contributed by atoms with Crippen molar-refractivity contribution in [3.05, 3.63) is 69.5 Å². The number of rotatable bonds is 7. The van der Waals surface area contributed by atoms with Gasteiger partial charge >= 0.3 is 0 Å². The maximum Gasteiger partial charge on any atom is 0.115 e. The Morgan fingerprint density at radius 3 is 2.08 bits per heavy atom. The predicted molar refractivity (Wildman–Crippen MR) is 110 cm³/mol. The molecule has 24 heavy (non-hydrogen) atoms. The van der Waals surface area contributed by atoms with Gasteiger partial charge in [0.25, 0.3) is 0 Å². The summed E-state index contributed by atoms with van der Waals surface area (Å²) in [4.78, 5) is 0. The molecule has 0 saturated carbocycles. The van der Waals surface area contributed by atoms with E-state index in [9.17, 15) is 0 Å². The maximum atomic E-state index is 2.53. The van der Waals surface area contributed by atoms with Crippen LogP contribution in [0.4, 0.5) is 0 Å². The minimum absolute atomic E-state index is 0.782. The average molecular weight is 349 g/mol. The van der Waals surface area contributed by atoms with Gasteiger partial charge in [0, 0.05) is 0 Å². The molecule has 0 aliphatic carbocycles. The highest BCUT2D eigenvalue weighted by Gasteiger charge is 2.07. The lowest BCUT2D eigenvalue weighted by Gasteiger charge is -2.12. The summed E-state index contributed by atoms with van der Waals surface area (Å²) in [7, 11) is 1.60. The molecule has 0 aromatic heterocycles. The molecule has 0 unspecified atom stereocenters. The first-order chi connectivity index (χ1) is 11.5. The Hall–Kier alpha value is -1.39. The van der Waals surface area contributed by atoms with Gasteiger partial charge in [-0.25, -0.2) is 0 Å². The van der Waals surface area contributed by atoms with Crippen LogP contribution in [0, 0.1) is 27.7 Å².